The smallest absolute Gasteiger partial charge is 0.244 e. The predicted octanol–water partition coefficient (Wildman–Crippen LogP) is 2.61. The number of carbonyl (C=O) groups is 1. The summed E-state index contributed by atoms with van der Waals surface area (Å²) in [5.41, 5.74) is 0.984. The van der Waals surface area contributed by atoms with Gasteiger partial charge in [-0.25, -0.2) is 0 Å². The molecule has 19 heavy (non-hydrogen) atoms. The van der Waals surface area contributed by atoms with Crippen molar-refractivity contribution in [3.8, 4) is 0 Å². The number of aliphatic hydroxyl groups excluding tert-OH is 1. The van der Waals surface area contributed by atoms with Crippen LogP contribution < -0.4 is 5.32 Å². The molecule has 1 aromatic rings. The molecule has 0 fully saturated rings. The van der Waals surface area contributed by atoms with Crippen LogP contribution in [0.25, 0.3) is 6.08 Å². The lowest BCUT2D eigenvalue weighted by Crippen LogP contribution is -2.35. The second kappa shape index (κ2) is 8.48. The van der Waals surface area contributed by atoms with E-state index in [0.717, 1.165) is 18.4 Å². The maximum Gasteiger partial charge on any atom is 0.244 e. The van der Waals surface area contributed by atoms with Crippen molar-refractivity contribution >= 4 is 12.0 Å². The van der Waals surface area contributed by atoms with Crippen molar-refractivity contribution in [1.82, 2.24) is 5.32 Å². The fourth-order valence-corrected chi connectivity index (χ4v) is 2.00. The minimum atomic E-state index is -0.468. The molecule has 0 heterocycles. The minimum Gasteiger partial charge on any atom is -0.391 e. The van der Waals surface area contributed by atoms with Gasteiger partial charge in [0, 0.05) is 12.6 Å². The van der Waals surface area contributed by atoms with Crippen molar-refractivity contribution in [2.24, 2.45) is 5.92 Å². The van der Waals surface area contributed by atoms with Crippen LogP contribution >= 0.6 is 0 Å². The summed E-state index contributed by atoms with van der Waals surface area (Å²) in [4.78, 5) is 11.6. The summed E-state index contributed by atoms with van der Waals surface area (Å²) in [6.45, 7) is 4.41. The molecular formula is C16H23NO2. The summed E-state index contributed by atoms with van der Waals surface area (Å²) in [5.74, 6) is 0.0762. The molecule has 1 atom stereocenters. The van der Waals surface area contributed by atoms with Crippen LogP contribution in [0.2, 0.25) is 0 Å². The Labute approximate surface area is 115 Å². The van der Waals surface area contributed by atoms with Crippen molar-refractivity contribution in [2.75, 3.05) is 6.54 Å². The van der Waals surface area contributed by atoms with E-state index in [9.17, 15) is 9.90 Å². The van der Waals surface area contributed by atoms with Gasteiger partial charge in [0.05, 0.1) is 6.10 Å². The van der Waals surface area contributed by atoms with Gasteiger partial charge >= 0.3 is 0 Å². The summed E-state index contributed by atoms with van der Waals surface area (Å²) in [7, 11) is 0. The van der Waals surface area contributed by atoms with Crippen LogP contribution in [0.15, 0.2) is 36.4 Å². The monoisotopic (exact) mass is 261 g/mol. The SMILES string of the molecule is CCC(CC)C(O)CNC(=O)/C=C/c1ccccc1. The third-order valence-corrected chi connectivity index (χ3v) is 3.31. The molecule has 2 N–H and O–H groups in total. The van der Waals surface area contributed by atoms with Gasteiger partial charge in [-0.3, -0.25) is 4.79 Å². The summed E-state index contributed by atoms with van der Waals surface area (Å²) >= 11 is 0. The summed E-state index contributed by atoms with van der Waals surface area (Å²) in [6.07, 6.45) is 4.64. The second-order valence-corrected chi connectivity index (χ2v) is 4.63. The number of rotatable bonds is 7. The van der Waals surface area contributed by atoms with Crippen molar-refractivity contribution in [1.29, 1.82) is 0 Å². The van der Waals surface area contributed by atoms with Crippen LogP contribution in [0.3, 0.4) is 0 Å². The Morgan fingerprint density at radius 2 is 1.89 bits per heavy atom. The van der Waals surface area contributed by atoms with E-state index in [1.54, 1.807) is 6.08 Å². The standard InChI is InChI=1S/C16H23NO2/c1-3-14(4-2)15(18)12-17-16(19)11-10-13-8-6-5-7-9-13/h5-11,14-15,18H,3-4,12H2,1-2H3,(H,17,19)/b11-10+. The highest BCUT2D eigenvalue weighted by atomic mass is 16.3. The van der Waals surface area contributed by atoms with Gasteiger partial charge < -0.3 is 10.4 Å². The van der Waals surface area contributed by atoms with Crippen LogP contribution in [0.4, 0.5) is 0 Å². The molecule has 0 saturated heterocycles. The van der Waals surface area contributed by atoms with E-state index in [1.807, 2.05) is 30.3 Å². The molecule has 0 aliphatic heterocycles. The zero-order valence-electron chi connectivity index (χ0n) is 11.7. The molecular weight excluding hydrogens is 238 g/mol. The molecule has 1 unspecified atom stereocenters. The minimum absolute atomic E-state index is 0.172. The number of nitrogens with one attached hydrogen (secondary N) is 1. The first-order chi connectivity index (χ1) is 9.17. The van der Waals surface area contributed by atoms with Gasteiger partial charge in [-0.15, -0.1) is 0 Å². The molecule has 1 aromatic carbocycles. The third kappa shape index (κ3) is 5.71. The topological polar surface area (TPSA) is 49.3 Å². The van der Waals surface area contributed by atoms with Crippen LogP contribution in [-0.2, 0) is 4.79 Å². The Kier molecular flexibility index (Phi) is 6.90. The van der Waals surface area contributed by atoms with Gasteiger partial charge in [-0.05, 0) is 17.6 Å². The molecule has 104 valence electrons. The molecule has 1 amide bonds. The lowest BCUT2D eigenvalue weighted by atomic mass is 9.96. The van der Waals surface area contributed by atoms with Gasteiger partial charge in [0.1, 0.15) is 0 Å². The first-order valence-electron chi connectivity index (χ1n) is 6.86. The largest absolute Gasteiger partial charge is 0.391 e. The van der Waals surface area contributed by atoms with E-state index in [0.29, 0.717) is 6.54 Å². The lowest BCUT2D eigenvalue weighted by Gasteiger charge is -2.19. The highest BCUT2D eigenvalue weighted by Gasteiger charge is 2.15. The van der Waals surface area contributed by atoms with Crippen LogP contribution in [-0.4, -0.2) is 23.7 Å². The van der Waals surface area contributed by atoms with Crippen LogP contribution in [0.1, 0.15) is 32.3 Å². The molecule has 0 aliphatic carbocycles. The number of hydrogen-bond acceptors (Lipinski definition) is 2. The molecule has 0 radical (unpaired) electrons. The van der Waals surface area contributed by atoms with Crippen LogP contribution in [0.5, 0.6) is 0 Å². The van der Waals surface area contributed by atoms with Gasteiger partial charge in [0.15, 0.2) is 0 Å². The van der Waals surface area contributed by atoms with Crippen LogP contribution in [0, 0.1) is 5.92 Å². The fourth-order valence-electron chi connectivity index (χ4n) is 2.00. The predicted molar refractivity (Wildman–Crippen MR) is 78.6 cm³/mol. The molecule has 3 heteroatoms. The third-order valence-electron chi connectivity index (χ3n) is 3.31. The Bertz CT molecular complexity index is 396. The Hall–Kier alpha value is -1.61. The highest BCUT2D eigenvalue weighted by Crippen LogP contribution is 2.12. The number of benzene rings is 1. The van der Waals surface area contributed by atoms with E-state index < -0.39 is 6.10 Å². The summed E-state index contributed by atoms with van der Waals surface area (Å²) < 4.78 is 0. The van der Waals surface area contributed by atoms with E-state index in [-0.39, 0.29) is 11.8 Å². The molecule has 0 bridgehead atoms. The van der Waals surface area contributed by atoms with E-state index >= 15 is 0 Å². The van der Waals surface area contributed by atoms with Gasteiger partial charge in [0.2, 0.25) is 5.91 Å². The number of carbonyl (C=O) groups excluding carboxylic acids is 1. The fraction of sp³-hybridized carbons (Fsp3) is 0.438. The average molecular weight is 261 g/mol. The zero-order chi connectivity index (χ0) is 14.1. The van der Waals surface area contributed by atoms with Gasteiger partial charge in [0.25, 0.3) is 0 Å². The quantitative estimate of drug-likeness (QED) is 0.741. The van der Waals surface area contributed by atoms with E-state index in [1.165, 1.54) is 6.08 Å². The Morgan fingerprint density at radius 1 is 1.26 bits per heavy atom. The van der Waals surface area contributed by atoms with E-state index in [2.05, 4.69) is 19.2 Å². The highest BCUT2D eigenvalue weighted by molar-refractivity contribution is 5.91. The zero-order valence-corrected chi connectivity index (χ0v) is 11.7. The maximum absolute atomic E-state index is 11.6. The molecule has 0 aliphatic rings. The molecule has 0 aromatic heterocycles. The van der Waals surface area contributed by atoms with Gasteiger partial charge in [-0.1, -0.05) is 57.0 Å². The molecule has 1 rings (SSSR count). The molecule has 0 spiro atoms. The number of aliphatic hydroxyl groups is 1. The Balaban J connectivity index is 2.38. The first-order valence-corrected chi connectivity index (χ1v) is 6.86. The maximum atomic E-state index is 11.6. The molecule has 0 saturated carbocycles. The lowest BCUT2D eigenvalue weighted by molar-refractivity contribution is -0.117. The first kappa shape index (κ1) is 15.4. The van der Waals surface area contributed by atoms with Crippen molar-refractivity contribution in [3.05, 3.63) is 42.0 Å². The molecule has 3 nitrogen and oxygen atoms in total. The summed E-state index contributed by atoms with van der Waals surface area (Å²) in [5, 5.41) is 12.6. The number of amides is 1. The van der Waals surface area contributed by atoms with Gasteiger partial charge in [-0.2, -0.15) is 0 Å². The summed E-state index contributed by atoms with van der Waals surface area (Å²) in [6, 6.07) is 9.65. The number of hydrogen-bond donors (Lipinski definition) is 2. The van der Waals surface area contributed by atoms with Crippen molar-refractivity contribution in [3.63, 3.8) is 0 Å². The Morgan fingerprint density at radius 3 is 2.47 bits per heavy atom. The van der Waals surface area contributed by atoms with Crippen molar-refractivity contribution in [2.45, 2.75) is 32.8 Å². The van der Waals surface area contributed by atoms with Crippen molar-refractivity contribution < 1.29 is 9.90 Å². The van der Waals surface area contributed by atoms with E-state index in [4.69, 9.17) is 0 Å². The average Bonchev–Trinajstić information content (AvgIpc) is 2.45. The normalized spacial score (nSPS) is 12.8. The second-order valence-electron chi connectivity index (χ2n) is 4.63.